The molecule has 26 heavy (non-hydrogen) atoms. The van der Waals surface area contributed by atoms with Gasteiger partial charge in [0.15, 0.2) is 0 Å². The quantitative estimate of drug-likeness (QED) is 0.818. The Hall–Kier alpha value is -2.11. The first kappa shape index (κ1) is 17.3. The molecule has 6 nitrogen and oxygen atoms in total. The Morgan fingerprint density at radius 1 is 1.08 bits per heavy atom. The molecule has 4 heterocycles. The summed E-state index contributed by atoms with van der Waals surface area (Å²) in [6.07, 6.45) is 4.86. The van der Waals surface area contributed by atoms with Crippen LogP contribution in [0.5, 0.6) is 0 Å². The summed E-state index contributed by atoms with van der Waals surface area (Å²) in [4.78, 5) is 36.3. The minimum absolute atomic E-state index is 0.133. The first-order chi connectivity index (χ1) is 12.6. The number of rotatable bonds is 2. The third-order valence-electron chi connectivity index (χ3n) is 6.12. The van der Waals surface area contributed by atoms with Crippen molar-refractivity contribution >= 4 is 11.9 Å². The van der Waals surface area contributed by atoms with E-state index in [1.165, 1.54) is 0 Å². The minimum Gasteiger partial charge on any atom is -0.336 e. The topological polar surface area (TPSA) is 56.8 Å². The smallest absolute Gasteiger partial charge is 0.320 e. The maximum Gasteiger partial charge on any atom is 0.320 e. The van der Waals surface area contributed by atoms with Gasteiger partial charge in [0.2, 0.25) is 5.91 Å². The van der Waals surface area contributed by atoms with Crippen molar-refractivity contribution in [3.8, 4) is 0 Å². The van der Waals surface area contributed by atoms with Crippen LogP contribution >= 0.6 is 0 Å². The van der Waals surface area contributed by atoms with Crippen molar-refractivity contribution in [3.05, 3.63) is 29.6 Å². The largest absolute Gasteiger partial charge is 0.336 e. The molecular weight excluding hydrogens is 328 g/mol. The molecule has 1 atom stereocenters. The summed E-state index contributed by atoms with van der Waals surface area (Å²) in [6.45, 7) is 6.40. The molecule has 0 saturated carbocycles. The minimum atomic E-state index is -0.378. The molecule has 0 N–H and O–H groups in total. The number of urea groups is 1. The van der Waals surface area contributed by atoms with Crippen molar-refractivity contribution in [2.45, 2.75) is 45.6 Å². The summed E-state index contributed by atoms with van der Waals surface area (Å²) in [7, 11) is 0. The summed E-state index contributed by atoms with van der Waals surface area (Å²) in [5.74, 6) is 0.208. The Balaban J connectivity index is 1.44. The zero-order valence-corrected chi connectivity index (χ0v) is 15.6. The third-order valence-corrected chi connectivity index (χ3v) is 6.12. The summed E-state index contributed by atoms with van der Waals surface area (Å²) in [5, 5.41) is 0. The number of nitrogens with zero attached hydrogens (tertiary/aromatic N) is 4. The molecule has 4 rings (SSSR count). The fourth-order valence-corrected chi connectivity index (χ4v) is 4.71. The molecule has 140 valence electrons. The van der Waals surface area contributed by atoms with E-state index in [9.17, 15) is 9.59 Å². The number of likely N-dealkylation sites (tertiary alicyclic amines) is 3. The van der Waals surface area contributed by atoms with Gasteiger partial charge in [-0.2, -0.15) is 0 Å². The van der Waals surface area contributed by atoms with E-state index in [-0.39, 0.29) is 17.4 Å². The van der Waals surface area contributed by atoms with Gasteiger partial charge in [0.25, 0.3) is 0 Å². The third kappa shape index (κ3) is 3.17. The van der Waals surface area contributed by atoms with Crippen LogP contribution in [0.2, 0.25) is 0 Å². The van der Waals surface area contributed by atoms with Crippen molar-refractivity contribution in [2.24, 2.45) is 5.41 Å². The molecule has 3 saturated heterocycles. The lowest BCUT2D eigenvalue weighted by Gasteiger charge is -2.40. The van der Waals surface area contributed by atoms with Crippen molar-refractivity contribution in [1.82, 2.24) is 19.7 Å². The molecule has 1 aromatic rings. The lowest BCUT2D eigenvalue weighted by atomic mass is 9.78. The van der Waals surface area contributed by atoms with Crippen molar-refractivity contribution < 1.29 is 9.59 Å². The fourth-order valence-electron chi connectivity index (χ4n) is 4.71. The van der Waals surface area contributed by atoms with Crippen LogP contribution in [0, 0.1) is 12.3 Å². The number of hydrogen-bond donors (Lipinski definition) is 0. The average Bonchev–Trinajstić information content (AvgIpc) is 3.27. The lowest BCUT2D eigenvalue weighted by molar-refractivity contribution is -0.138. The van der Waals surface area contributed by atoms with Gasteiger partial charge in [-0.15, -0.1) is 0 Å². The normalized spacial score (nSPS) is 26.2. The number of aromatic nitrogens is 1. The van der Waals surface area contributed by atoms with Crippen LogP contribution in [0.4, 0.5) is 4.79 Å². The van der Waals surface area contributed by atoms with Crippen LogP contribution in [0.15, 0.2) is 18.2 Å². The molecule has 0 bridgehead atoms. The first-order valence-electron chi connectivity index (χ1n) is 9.83. The van der Waals surface area contributed by atoms with E-state index in [2.05, 4.69) is 4.98 Å². The van der Waals surface area contributed by atoms with Crippen LogP contribution in [-0.4, -0.2) is 64.3 Å². The standard InChI is InChI=1S/C20H28N4O2/c1-16-6-4-7-17(21-16)14-23-13-9-20(18(23)25)8-5-12-24(15-20)19(26)22-10-2-3-11-22/h4,6-7H,2-3,5,8-15H2,1H3. The zero-order valence-electron chi connectivity index (χ0n) is 15.6. The van der Waals surface area contributed by atoms with Gasteiger partial charge in [-0.1, -0.05) is 6.07 Å². The highest BCUT2D eigenvalue weighted by molar-refractivity contribution is 5.86. The van der Waals surface area contributed by atoms with Gasteiger partial charge in [-0.25, -0.2) is 4.79 Å². The van der Waals surface area contributed by atoms with Gasteiger partial charge in [-0.3, -0.25) is 9.78 Å². The number of piperidine rings is 1. The van der Waals surface area contributed by atoms with E-state index in [4.69, 9.17) is 0 Å². The molecule has 3 amide bonds. The van der Waals surface area contributed by atoms with E-state index in [0.717, 1.165) is 69.7 Å². The summed E-state index contributed by atoms with van der Waals surface area (Å²) >= 11 is 0. The summed E-state index contributed by atoms with van der Waals surface area (Å²) in [5.41, 5.74) is 1.54. The molecule has 0 aliphatic carbocycles. The highest BCUT2D eigenvalue weighted by Crippen LogP contribution is 2.41. The van der Waals surface area contributed by atoms with Crippen LogP contribution in [0.3, 0.4) is 0 Å². The number of hydrogen-bond acceptors (Lipinski definition) is 3. The van der Waals surface area contributed by atoms with E-state index in [0.29, 0.717) is 13.1 Å². The Bertz CT molecular complexity index is 701. The molecule has 0 aromatic carbocycles. The van der Waals surface area contributed by atoms with Gasteiger partial charge in [0.05, 0.1) is 17.7 Å². The second kappa shape index (κ2) is 6.89. The molecule has 1 unspecified atom stereocenters. The maximum absolute atomic E-state index is 13.2. The number of amides is 3. The molecule has 1 aromatic heterocycles. The van der Waals surface area contributed by atoms with Crippen LogP contribution in [-0.2, 0) is 11.3 Å². The predicted molar refractivity (Wildman–Crippen MR) is 98.5 cm³/mol. The Kier molecular flexibility index (Phi) is 4.59. The van der Waals surface area contributed by atoms with Gasteiger partial charge >= 0.3 is 6.03 Å². The molecule has 1 spiro atoms. The van der Waals surface area contributed by atoms with Crippen molar-refractivity contribution in [3.63, 3.8) is 0 Å². The molecule has 3 aliphatic rings. The summed E-state index contributed by atoms with van der Waals surface area (Å²) < 4.78 is 0. The Labute approximate surface area is 155 Å². The van der Waals surface area contributed by atoms with Crippen molar-refractivity contribution in [1.29, 1.82) is 0 Å². The first-order valence-corrected chi connectivity index (χ1v) is 9.83. The molecule has 6 heteroatoms. The highest BCUT2D eigenvalue weighted by atomic mass is 16.2. The molecule has 3 fully saturated rings. The fraction of sp³-hybridized carbons (Fsp3) is 0.650. The molecular formula is C20H28N4O2. The molecule has 3 aliphatic heterocycles. The maximum atomic E-state index is 13.2. The zero-order chi connectivity index (χ0) is 18.1. The number of carbonyl (C=O) groups excluding carboxylic acids is 2. The Morgan fingerprint density at radius 2 is 1.85 bits per heavy atom. The Morgan fingerprint density at radius 3 is 2.62 bits per heavy atom. The second-order valence-electron chi connectivity index (χ2n) is 8.03. The van der Waals surface area contributed by atoms with Gasteiger partial charge in [0, 0.05) is 38.4 Å². The van der Waals surface area contributed by atoms with E-state index in [1.54, 1.807) is 0 Å². The SMILES string of the molecule is Cc1cccc(CN2CCC3(CCCN(C(=O)N4CCCC4)C3)C2=O)n1. The van der Waals surface area contributed by atoms with Crippen LogP contribution < -0.4 is 0 Å². The van der Waals surface area contributed by atoms with Gasteiger partial charge in [-0.05, 0) is 51.2 Å². The van der Waals surface area contributed by atoms with Crippen LogP contribution in [0.1, 0.15) is 43.5 Å². The monoisotopic (exact) mass is 356 g/mol. The highest BCUT2D eigenvalue weighted by Gasteiger charge is 2.50. The van der Waals surface area contributed by atoms with Crippen LogP contribution in [0.25, 0.3) is 0 Å². The second-order valence-corrected chi connectivity index (χ2v) is 8.03. The predicted octanol–water partition coefficient (Wildman–Crippen LogP) is 2.42. The lowest BCUT2D eigenvalue weighted by Crippen LogP contribution is -2.52. The van der Waals surface area contributed by atoms with E-state index < -0.39 is 0 Å². The van der Waals surface area contributed by atoms with E-state index >= 15 is 0 Å². The van der Waals surface area contributed by atoms with Crippen molar-refractivity contribution in [2.75, 3.05) is 32.7 Å². The number of carbonyl (C=O) groups is 2. The number of pyridine rings is 1. The van der Waals surface area contributed by atoms with Gasteiger partial charge < -0.3 is 14.7 Å². The number of aryl methyl sites for hydroxylation is 1. The summed E-state index contributed by atoms with van der Waals surface area (Å²) in [6, 6.07) is 6.08. The molecule has 0 radical (unpaired) electrons. The average molecular weight is 356 g/mol. The van der Waals surface area contributed by atoms with E-state index in [1.807, 2.05) is 39.8 Å². The van der Waals surface area contributed by atoms with Gasteiger partial charge in [0.1, 0.15) is 0 Å².